The van der Waals surface area contributed by atoms with Crippen LogP contribution in [-0.4, -0.2) is 13.3 Å². The van der Waals surface area contributed by atoms with E-state index in [-0.39, 0.29) is 6.61 Å². The molecule has 4 nitrogen and oxygen atoms in total. The highest BCUT2D eigenvalue weighted by Gasteiger charge is 2.14. The van der Waals surface area contributed by atoms with Crippen molar-refractivity contribution in [1.82, 2.24) is 0 Å². The smallest absolute Gasteiger partial charge is 0.487 e. The highest BCUT2D eigenvalue weighted by Crippen LogP contribution is 2.29. The van der Waals surface area contributed by atoms with E-state index in [0.717, 1.165) is 29.5 Å². The monoisotopic (exact) mass is 348 g/mol. The van der Waals surface area contributed by atoms with Gasteiger partial charge < -0.3 is 14.2 Å². The molecule has 0 aliphatic rings. The molecule has 0 aliphatic carbocycles. The van der Waals surface area contributed by atoms with Crippen LogP contribution in [0.2, 0.25) is 5.02 Å². The Morgan fingerprint density at radius 3 is 2.50 bits per heavy atom. The van der Waals surface area contributed by atoms with Gasteiger partial charge in [-0.1, -0.05) is 43.6 Å². The number of hydrogen-bond acceptors (Lipinski definition) is 4. The van der Waals surface area contributed by atoms with E-state index in [0.29, 0.717) is 16.5 Å². The van der Waals surface area contributed by atoms with Crippen molar-refractivity contribution in [3.63, 3.8) is 0 Å². The van der Waals surface area contributed by atoms with Gasteiger partial charge in [-0.05, 0) is 42.2 Å². The van der Waals surface area contributed by atoms with Crippen molar-refractivity contribution in [2.75, 3.05) is 7.11 Å². The topological polar surface area (TPSA) is 44.8 Å². The Hall–Kier alpha value is -2.20. The molecule has 2 aromatic carbocycles. The molecule has 0 amide bonds. The number of carbonyl (C=O) groups excluding carboxylic acids is 1. The number of methoxy groups -OCH3 is 1. The fourth-order valence-electron chi connectivity index (χ4n) is 2.36. The number of carbonyl (C=O) groups is 1. The van der Waals surface area contributed by atoms with Gasteiger partial charge >= 0.3 is 6.16 Å². The van der Waals surface area contributed by atoms with Crippen molar-refractivity contribution in [2.24, 2.45) is 0 Å². The highest BCUT2D eigenvalue weighted by atomic mass is 35.5. The minimum Gasteiger partial charge on any atom is -0.487 e. The summed E-state index contributed by atoms with van der Waals surface area (Å²) in [6, 6.07) is 11.3. The molecule has 2 aromatic rings. The first-order valence-corrected chi connectivity index (χ1v) is 8.24. The van der Waals surface area contributed by atoms with Gasteiger partial charge in [0.1, 0.15) is 18.1 Å². The predicted molar refractivity (Wildman–Crippen MR) is 94.0 cm³/mol. The summed E-state index contributed by atoms with van der Waals surface area (Å²) in [4.78, 5) is 11.4. The zero-order valence-electron chi connectivity index (χ0n) is 14.1. The first kappa shape index (κ1) is 18.1. The van der Waals surface area contributed by atoms with Gasteiger partial charge in [-0.3, -0.25) is 0 Å². The number of rotatable bonds is 6. The highest BCUT2D eigenvalue weighted by molar-refractivity contribution is 6.32. The molecule has 0 heterocycles. The number of hydrogen-bond donors (Lipinski definition) is 0. The molecule has 24 heavy (non-hydrogen) atoms. The predicted octanol–water partition coefficient (Wildman–Crippen LogP) is 5.19. The van der Waals surface area contributed by atoms with Crippen LogP contribution in [-0.2, 0) is 24.2 Å². The number of aryl methyl sites for hydroxylation is 2. The minimum absolute atomic E-state index is 0.252. The molecule has 0 fully saturated rings. The quantitative estimate of drug-likeness (QED) is 0.532. The fraction of sp³-hybridized carbons (Fsp3) is 0.316. The number of ether oxygens (including phenoxy) is 3. The van der Waals surface area contributed by atoms with Crippen LogP contribution in [0.15, 0.2) is 36.4 Å². The molecule has 0 bridgehead atoms. The molecule has 128 valence electrons. The average molecular weight is 349 g/mol. The lowest BCUT2D eigenvalue weighted by atomic mass is 10.0. The summed E-state index contributed by atoms with van der Waals surface area (Å²) < 4.78 is 15.6. The largest absolute Gasteiger partial charge is 0.513 e. The van der Waals surface area contributed by atoms with Crippen molar-refractivity contribution >= 4 is 17.8 Å². The van der Waals surface area contributed by atoms with Gasteiger partial charge in [-0.25, -0.2) is 4.79 Å². The molecule has 0 aromatic heterocycles. The first-order valence-electron chi connectivity index (χ1n) is 7.86. The third kappa shape index (κ3) is 4.42. The van der Waals surface area contributed by atoms with Crippen molar-refractivity contribution in [2.45, 2.75) is 33.3 Å². The van der Waals surface area contributed by atoms with Crippen LogP contribution in [0, 0.1) is 0 Å². The summed E-state index contributed by atoms with van der Waals surface area (Å²) in [5.74, 6) is 1.03. The Labute approximate surface area is 147 Å². The van der Waals surface area contributed by atoms with Crippen LogP contribution in [0.1, 0.15) is 30.5 Å². The Balaban J connectivity index is 2.23. The van der Waals surface area contributed by atoms with Crippen LogP contribution in [0.4, 0.5) is 4.79 Å². The van der Waals surface area contributed by atoms with Crippen molar-refractivity contribution in [3.05, 3.63) is 58.1 Å². The molecule has 0 saturated carbocycles. The van der Waals surface area contributed by atoms with Gasteiger partial charge in [-0.15, -0.1) is 0 Å². The Morgan fingerprint density at radius 2 is 1.88 bits per heavy atom. The summed E-state index contributed by atoms with van der Waals surface area (Å²) in [5.41, 5.74) is 3.00. The lowest BCUT2D eigenvalue weighted by molar-refractivity contribution is 0.120. The maximum Gasteiger partial charge on any atom is 0.513 e. The third-order valence-electron chi connectivity index (χ3n) is 3.75. The second kappa shape index (κ2) is 8.60. The number of halogens is 1. The molecule has 0 atom stereocenters. The second-order valence-corrected chi connectivity index (χ2v) is 5.62. The number of benzene rings is 2. The summed E-state index contributed by atoms with van der Waals surface area (Å²) in [6.45, 7) is 4.35. The average Bonchev–Trinajstić information content (AvgIpc) is 2.60. The van der Waals surface area contributed by atoms with E-state index in [9.17, 15) is 4.79 Å². The molecular weight excluding hydrogens is 328 g/mol. The zero-order chi connectivity index (χ0) is 17.5. The SMILES string of the molecule is CCc1ccc(OCc2c(CC)cccc2OC(=O)OC)c(Cl)c1. The van der Waals surface area contributed by atoms with E-state index in [1.807, 2.05) is 37.3 Å². The summed E-state index contributed by atoms with van der Waals surface area (Å²) >= 11 is 6.26. The summed E-state index contributed by atoms with van der Waals surface area (Å²) in [6.07, 6.45) is 0.949. The van der Waals surface area contributed by atoms with Crippen LogP contribution in [0.5, 0.6) is 11.5 Å². The Kier molecular flexibility index (Phi) is 6.50. The molecule has 0 unspecified atom stereocenters. The summed E-state index contributed by atoms with van der Waals surface area (Å²) in [7, 11) is 1.28. The lowest BCUT2D eigenvalue weighted by Gasteiger charge is -2.15. The molecule has 5 heteroatoms. The third-order valence-corrected chi connectivity index (χ3v) is 4.04. The van der Waals surface area contributed by atoms with Crippen molar-refractivity contribution < 1.29 is 19.0 Å². The lowest BCUT2D eigenvalue weighted by Crippen LogP contribution is -2.11. The zero-order valence-corrected chi connectivity index (χ0v) is 14.9. The van der Waals surface area contributed by atoms with E-state index in [1.165, 1.54) is 7.11 Å². The van der Waals surface area contributed by atoms with Crippen LogP contribution >= 0.6 is 11.6 Å². The van der Waals surface area contributed by atoms with Crippen molar-refractivity contribution in [3.8, 4) is 11.5 Å². The molecule has 0 aliphatic heterocycles. The fourth-order valence-corrected chi connectivity index (χ4v) is 2.62. The van der Waals surface area contributed by atoms with E-state index < -0.39 is 6.16 Å². The minimum atomic E-state index is -0.755. The van der Waals surface area contributed by atoms with Gasteiger partial charge in [0.05, 0.1) is 12.1 Å². The maximum atomic E-state index is 11.4. The molecular formula is C19H21ClO4. The Bertz CT molecular complexity index is 713. The van der Waals surface area contributed by atoms with Crippen LogP contribution in [0.25, 0.3) is 0 Å². The molecule has 0 saturated heterocycles. The summed E-state index contributed by atoms with van der Waals surface area (Å²) in [5, 5.41) is 0.568. The molecule has 2 rings (SSSR count). The van der Waals surface area contributed by atoms with Gasteiger partial charge in [0, 0.05) is 5.56 Å². The Morgan fingerprint density at radius 1 is 1.08 bits per heavy atom. The van der Waals surface area contributed by atoms with Crippen LogP contribution in [0.3, 0.4) is 0 Å². The van der Waals surface area contributed by atoms with Gasteiger partial charge in [0.15, 0.2) is 0 Å². The molecule has 0 spiro atoms. The van der Waals surface area contributed by atoms with Gasteiger partial charge in [0.25, 0.3) is 0 Å². The molecule has 0 radical (unpaired) electrons. The molecule has 0 N–H and O–H groups in total. The van der Waals surface area contributed by atoms with E-state index in [1.54, 1.807) is 6.07 Å². The van der Waals surface area contributed by atoms with E-state index in [4.69, 9.17) is 21.1 Å². The normalized spacial score (nSPS) is 10.3. The van der Waals surface area contributed by atoms with Crippen molar-refractivity contribution in [1.29, 1.82) is 0 Å². The van der Waals surface area contributed by atoms with E-state index in [2.05, 4.69) is 11.7 Å². The van der Waals surface area contributed by atoms with E-state index >= 15 is 0 Å². The van der Waals surface area contributed by atoms with Crippen LogP contribution < -0.4 is 9.47 Å². The standard InChI is InChI=1S/C19H21ClO4/c1-4-13-9-10-18(16(20)11-13)23-12-15-14(5-2)7-6-8-17(15)24-19(21)22-3/h6-11H,4-5,12H2,1-3H3. The maximum absolute atomic E-state index is 11.4. The van der Waals surface area contributed by atoms with Gasteiger partial charge in [-0.2, -0.15) is 0 Å². The first-order chi connectivity index (χ1) is 11.6. The van der Waals surface area contributed by atoms with Gasteiger partial charge in [0.2, 0.25) is 0 Å². The second-order valence-electron chi connectivity index (χ2n) is 5.21.